The van der Waals surface area contributed by atoms with Gasteiger partial charge in [-0.05, 0) is 12.8 Å². The van der Waals surface area contributed by atoms with E-state index in [-0.39, 0.29) is 19.0 Å². The van der Waals surface area contributed by atoms with Gasteiger partial charge in [0.25, 0.3) is 0 Å². The molecule has 0 aromatic rings. The fourth-order valence-corrected chi connectivity index (χ4v) is 1.80. The van der Waals surface area contributed by atoms with Crippen molar-refractivity contribution in [2.45, 2.75) is 39.0 Å². The zero-order valence-electron chi connectivity index (χ0n) is 10.4. The highest BCUT2D eigenvalue weighted by Gasteiger charge is 2.66. The molecule has 0 aliphatic carbocycles. The van der Waals surface area contributed by atoms with E-state index in [1.54, 1.807) is 13.8 Å². The molecule has 3 nitrogen and oxygen atoms in total. The van der Waals surface area contributed by atoms with Crippen LogP contribution in [0.15, 0.2) is 5.10 Å². The van der Waals surface area contributed by atoms with E-state index < -0.39 is 18.3 Å². The van der Waals surface area contributed by atoms with Crippen LogP contribution in [0.4, 0.5) is 22.0 Å². The van der Waals surface area contributed by atoms with Crippen LogP contribution in [0, 0.1) is 5.92 Å². The highest BCUT2D eigenvalue weighted by Crippen LogP contribution is 2.42. The standard InChI is InChI=1S/C10H16F5N3/c1-4-18-8(9(11,12)10(13,14)15)17(6-16-18)5-7(2)3/h6-8H,4-5H2,1-3H3. The molecular weight excluding hydrogens is 257 g/mol. The minimum atomic E-state index is -5.59. The molecule has 0 N–H and O–H groups in total. The fraction of sp³-hybridized carbons (Fsp3) is 0.900. The van der Waals surface area contributed by atoms with Crippen LogP contribution in [0.1, 0.15) is 20.8 Å². The number of hydrazone groups is 1. The molecule has 18 heavy (non-hydrogen) atoms. The number of hydrogen-bond donors (Lipinski definition) is 0. The predicted molar refractivity (Wildman–Crippen MR) is 57.2 cm³/mol. The minimum absolute atomic E-state index is 0.0125. The third kappa shape index (κ3) is 2.67. The molecule has 0 aromatic heterocycles. The summed E-state index contributed by atoms with van der Waals surface area (Å²) in [5.74, 6) is -4.87. The Morgan fingerprint density at radius 2 is 1.78 bits per heavy atom. The van der Waals surface area contributed by atoms with Gasteiger partial charge >= 0.3 is 12.1 Å². The zero-order chi connectivity index (χ0) is 14.1. The molecule has 0 radical (unpaired) electrons. The lowest BCUT2D eigenvalue weighted by molar-refractivity contribution is -0.314. The first-order chi connectivity index (χ1) is 8.11. The van der Waals surface area contributed by atoms with Crippen LogP contribution in [0.25, 0.3) is 0 Å². The average Bonchev–Trinajstić information content (AvgIpc) is 2.58. The molecule has 0 aromatic carbocycles. The van der Waals surface area contributed by atoms with Crippen molar-refractivity contribution in [3.8, 4) is 0 Å². The van der Waals surface area contributed by atoms with Crippen molar-refractivity contribution in [1.29, 1.82) is 0 Å². The molecule has 0 fully saturated rings. The van der Waals surface area contributed by atoms with Gasteiger partial charge in [0.1, 0.15) is 6.34 Å². The van der Waals surface area contributed by atoms with E-state index in [0.717, 1.165) is 16.2 Å². The van der Waals surface area contributed by atoms with E-state index in [0.29, 0.717) is 0 Å². The van der Waals surface area contributed by atoms with Gasteiger partial charge in [0.15, 0.2) is 6.17 Å². The van der Waals surface area contributed by atoms with Gasteiger partial charge in [0.2, 0.25) is 0 Å². The molecule has 1 aliphatic rings. The Kier molecular flexibility index (Phi) is 4.07. The molecule has 1 heterocycles. The number of alkyl halides is 5. The third-order valence-electron chi connectivity index (χ3n) is 2.55. The minimum Gasteiger partial charge on any atom is -0.334 e. The van der Waals surface area contributed by atoms with Crippen LogP contribution in [-0.4, -0.2) is 47.6 Å². The second-order valence-electron chi connectivity index (χ2n) is 4.57. The highest BCUT2D eigenvalue weighted by molar-refractivity contribution is 5.57. The SMILES string of the molecule is CCN1N=CN(CC(C)C)C1C(F)(F)C(F)(F)F. The van der Waals surface area contributed by atoms with Gasteiger partial charge in [-0.3, -0.25) is 5.01 Å². The number of hydrogen-bond acceptors (Lipinski definition) is 3. The lowest BCUT2D eigenvalue weighted by Gasteiger charge is -2.36. The van der Waals surface area contributed by atoms with Crippen molar-refractivity contribution >= 4 is 6.34 Å². The molecule has 1 rings (SSSR count). The maximum Gasteiger partial charge on any atom is 0.457 e. The second-order valence-corrected chi connectivity index (χ2v) is 4.57. The monoisotopic (exact) mass is 273 g/mol. The fourth-order valence-electron chi connectivity index (χ4n) is 1.80. The summed E-state index contributed by atoms with van der Waals surface area (Å²) < 4.78 is 64.3. The van der Waals surface area contributed by atoms with Crippen molar-refractivity contribution < 1.29 is 22.0 Å². The lowest BCUT2D eigenvalue weighted by atomic mass is 10.1. The van der Waals surface area contributed by atoms with Gasteiger partial charge in [-0.15, -0.1) is 0 Å². The average molecular weight is 273 g/mol. The second kappa shape index (κ2) is 4.89. The Hall–Kier alpha value is -1.08. The van der Waals surface area contributed by atoms with Crippen molar-refractivity contribution in [2.75, 3.05) is 13.1 Å². The third-order valence-corrected chi connectivity index (χ3v) is 2.55. The largest absolute Gasteiger partial charge is 0.457 e. The zero-order valence-corrected chi connectivity index (χ0v) is 10.4. The molecule has 1 atom stereocenters. The quantitative estimate of drug-likeness (QED) is 0.733. The summed E-state index contributed by atoms with van der Waals surface area (Å²) in [4.78, 5) is 0.946. The summed E-state index contributed by atoms with van der Waals surface area (Å²) in [5.41, 5.74) is 0. The van der Waals surface area contributed by atoms with Crippen LogP contribution in [0.2, 0.25) is 0 Å². The Bertz CT molecular complexity index is 313. The lowest BCUT2D eigenvalue weighted by Crippen LogP contribution is -2.59. The summed E-state index contributed by atoms with van der Waals surface area (Å²) in [7, 11) is 0. The first kappa shape index (κ1) is 15.0. The molecule has 0 amide bonds. The van der Waals surface area contributed by atoms with E-state index in [9.17, 15) is 22.0 Å². The van der Waals surface area contributed by atoms with Crippen LogP contribution in [-0.2, 0) is 0 Å². The molecular formula is C10H16F5N3. The number of nitrogens with zero attached hydrogens (tertiary/aromatic N) is 3. The predicted octanol–water partition coefficient (Wildman–Crippen LogP) is 2.75. The van der Waals surface area contributed by atoms with Gasteiger partial charge in [-0.2, -0.15) is 27.1 Å². The maximum atomic E-state index is 13.5. The first-order valence-corrected chi connectivity index (χ1v) is 5.62. The maximum absolute atomic E-state index is 13.5. The molecule has 106 valence electrons. The summed E-state index contributed by atoms with van der Waals surface area (Å²) in [6.07, 6.45) is -6.63. The Balaban J connectivity index is 3.00. The first-order valence-electron chi connectivity index (χ1n) is 5.62. The van der Waals surface area contributed by atoms with Gasteiger partial charge in [-0.1, -0.05) is 13.8 Å². The van der Waals surface area contributed by atoms with Gasteiger partial charge in [-0.25, -0.2) is 0 Å². The van der Waals surface area contributed by atoms with Crippen molar-refractivity contribution in [1.82, 2.24) is 9.91 Å². The van der Waals surface area contributed by atoms with Gasteiger partial charge in [0, 0.05) is 13.1 Å². The van der Waals surface area contributed by atoms with E-state index >= 15 is 0 Å². The Morgan fingerprint density at radius 3 is 2.17 bits per heavy atom. The Labute approximate surface area is 102 Å². The summed E-state index contributed by atoms with van der Waals surface area (Å²) in [6, 6.07) is 0. The van der Waals surface area contributed by atoms with Gasteiger partial charge < -0.3 is 4.90 Å². The molecule has 0 saturated heterocycles. The summed E-state index contributed by atoms with van der Waals surface area (Å²) >= 11 is 0. The molecule has 0 spiro atoms. The van der Waals surface area contributed by atoms with Gasteiger partial charge in [0.05, 0.1) is 0 Å². The molecule has 0 bridgehead atoms. The van der Waals surface area contributed by atoms with Crippen molar-refractivity contribution in [2.24, 2.45) is 11.0 Å². The van der Waals surface area contributed by atoms with Crippen LogP contribution >= 0.6 is 0 Å². The van der Waals surface area contributed by atoms with E-state index in [1.807, 2.05) is 0 Å². The van der Waals surface area contributed by atoms with Crippen molar-refractivity contribution in [3.63, 3.8) is 0 Å². The van der Waals surface area contributed by atoms with Crippen LogP contribution in [0.5, 0.6) is 0 Å². The normalized spacial score (nSPS) is 21.3. The molecule has 1 aliphatic heterocycles. The summed E-state index contributed by atoms with van der Waals surface area (Å²) in [5, 5.41) is 4.36. The Morgan fingerprint density at radius 1 is 1.22 bits per heavy atom. The van der Waals surface area contributed by atoms with Crippen molar-refractivity contribution in [3.05, 3.63) is 0 Å². The molecule has 8 heteroatoms. The number of halogens is 5. The van der Waals surface area contributed by atoms with Crippen LogP contribution < -0.4 is 0 Å². The summed E-state index contributed by atoms with van der Waals surface area (Å²) in [6.45, 7) is 5.05. The smallest absolute Gasteiger partial charge is 0.334 e. The topological polar surface area (TPSA) is 18.8 Å². The molecule has 1 unspecified atom stereocenters. The van der Waals surface area contributed by atoms with E-state index in [1.165, 1.54) is 6.92 Å². The highest BCUT2D eigenvalue weighted by atomic mass is 19.4. The molecule has 0 saturated carbocycles. The van der Waals surface area contributed by atoms with Crippen LogP contribution in [0.3, 0.4) is 0 Å². The van der Waals surface area contributed by atoms with E-state index in [2.05, 4.69) is 5.10 Å². The van der Waals surface area contributed by atoms with E-state index in [4.69, 9.17) is 0 Å². The number of rotatable bonds is 4.